The van der Waals surface area contributed by atoms with Crippen LogP contribution >= 0.6 is 11.6 Å². The Morgan fingerprint density at radius 3 is 2.93 bits per heavy atom. The SMILES string of the molecule is Cc1ccc(C#CCC(N)=O)c(Cl)n1. The number of nitrogens with two attached hydrogens (primary N) is 1. The standard InChI is InChI=1S/C10H9ClN2O/c1-7-5-6-8(10(11)13-7)3-2-4-9(12)14/h5-6H,4H2,1H3,(H2,12,14). The first-order valence-corrected chi connectivity index (χ1v) is 4.37. The zero-order chi connectivity index (χ0) is 10.6. The zero-order valence-corrected chi connectivity index (χ0v) is 8.43. The summed E-state index contributed by atoms with van der Waals surface area (Å²) in [6, 6.07) is 3.57. The number of aryl methyl sites for hydroxylation is 1. The molecule has 0 aliphatic rings. The highest BCUT2D eigenvalue weighted by Crippen LogP contribution is 2.11. The van der Waals surface area contributed by atoms with E-state index < -0.39 is 5.91 Å². The molecule has 2 N–H and O–H groups in total. The maximum atomic E-state index is 10.4. The van der Waals surface area contributed by atoms with Crippen LogP contribution < -0.4 is 5.73 Å². The number of primary amides is 1. The quantitative estimate of drug-likeness (QED) is 0.558. The average molecular weight is 209 g/mol. The predicted octanol–water partition coefficient (Wildman–Crippen LogP) is 1.27. The van der Waals surface area contributed by atoms with E-state index in [0.717, 1.165) is 5.69 Å². The number of halogens is 1. The molecule has 4 heteroatoms. The topological polar surface area (TPSA) is 56.0 Å². The fraction of sp³-hybridized carbons (Fsp3) is 0.200. The van der Waals surface area contributed by atoms with Gasteiger partial charge < -0.3 is 5.73 Å². The number of rotatable bonds is 1. The molecule has 0 aliphatic heterocycles. The van der Waals surface area contributed by atoms with Crippen LogP contribution in [0.2, 0.25) is 5.15 Å². The minimum absolute atomic E-state index is 0.0319. The molecule has 72 valence electrons. The molecular weight excluding hydrogens is 200 g/mol. The Morgan fingerprint density at radius 2 is 2.36 bits per heavy atom. The van der Waals surface area contributed by atoms with E-state index in [1.807, 2.05) is 6.92 Å². The van der Waals surface area contributed by atoms with E-state index in [1.54, 1.807) is 12.1 Å². The van der Waals surface area contributed by atoms with Gasteiger partial charge in [0.25, 0.3) is 0 Å². The normalized spacial score (nSPS) is 9.00. The zero-order valence-electron chi connectivity index (χ0n) is 7.67. The van der Waals surface area contributed by atoms with Crippen molar-refractivity contribution in [1.29, 1.82) is 0 Å². The molecule has 3 nitrogen and oxygen atoms in total. The van der Waals surface area contributed by atoms with Crippen LogP contribution in [-0.4, -0.2) is 10.9 Å². The molecule has 1 heterocycles. The van der Waals surface area contributed by atoms with Gasteiger partial charge in [0.05, 0.1) is 12.0 Å². The van der Waals surface area contributed by atoms with E-state index in [0.29, 0.717) is 10.7 Å². The van der Waals surface area contributed by atoms with Crippen LogP contribution in [0.4, 0.5) is 0 Å². The Morgan fingerprint density at radius 1 is 1.64 bits per heavy atom. The number of hydrogen-bond donors (Lipinski definition) is 1. The summed E-state index contributed by atoms with van der Waals surface area (Å²) >= 11 is 5.82. The third kappa shape index (κ3) is 3.08. The van der Waals surface area contributed by atoms with E-state index >= 15 is 0 Å². The van der Waals surface area contributed by atoms with Gasteiger partial charge in [-0.15, -0.1) is 0 Å². The van der Waals surface area contributed by atoms with Gasteiger partial charge in [-0.3, -0.25) is 4.79 Å². The van der Waals surface area contributed by atoms with Crippen molar-refractivity contribution < 1.29 is 4.79 Å². The molecule has 0 saturated carbocycles. The van der Waals surface area contributed by atoms with Gasteiger partial charge in [-0.1, -0.05) is 23.4 Å². The van der Waals surface area contributed by atoms with Crippen molar-refractivity contribution in [1.82, 2.24) is 4.98 Å². The average Bonchev–Trinajstić information content (AvgIpc) is 2.08. The van der Waals surface area contributed by atoms with Crippen LogP contribution in [0.5, 0.6) is 0 Å². The molecular formula is C10H9ClN2O. The van der Waals surface area contributed by atoms with Gasteiger partial charge in [0.15, 0.2) is 0 Å². The molecule has 1 aromatic heterocycles. The van der Waals surface area contributed by atoms with Gasteiger partial charge in [0.2, 0.25) is 5.91 Å². The van der Waals surface area contributed by atoms with Crippen molar-refractivity contribution in [2.24, 2.45) is 5.73 Å². The van der Waals surface area contributed by atoms with E-state index in [4.69, 9.17) is 17.3 Å². The summed E-state index contributed by atoms with van der Waals surface area (Å²) in [6.45, 7) is 1.84. The van der Waals surface area contributed by atoms with Gasteiger partial charge in [-0.05, 0) is 19.1 Å². The summed E-state index contributed by atoms with van der Waals surface area (Å²) in [4.78, 5) is 14.4. The number of carbonyl (C=O) groups is 1. The number of amides is 1. The molecule has 0 aliphatic carbocycles. The first-order chi connectivity index (χ1) is 6.59. The number of aromatic nitrogens is 1. The minimum atomic E-state index is -0.450. The largest absolute Gasteiger partial charge is 0.369 e. The highest BCUT2D eigenvalue weighted by Gasteiger charge is 1.97. The summed E-state index contributed by atoms with van der Waals surface area (Å²) in [6.07, 6.45) is 0.0319. The van der Waals surface area contributed by atoms with Crippen molar-refractivity contribution in [3.8, 4) is 11.8 Å². The van der Waals surface area contributed by atoms with Crippen LogP contribution in [0.3, 0.4) is 0 Å². The molecule has 1 rings (SSSR count). The van der Waals surface area contributed by atoms with E-state index in [1.165, 1.54) is 0 Å². The lowest BCUT2D eigenvalue weighted by atomic mass is 10.2. The predicted molar refractivity (Wildman–Crippen MR) is 54.7 cm³/mol. The summed E-state index contributed by atoms with van der Waals surface area (Å²) < 4.78 is 0. The van der Waals surface area contributed by atoms with Crippen molar-refractivity contribution in [3.63, 3.8) is 0 Å². The van der Waals surface area contributed by atoms with Crippen LogP contribution in [-0.2, 0) is 4.79 Å². The van der Waals surface area contributed by atoms with Gasteiger partial charge in [0.1, 0.15) is 5.15 Å². The molecule has 0 unspecified atom stereocenters. The smallest absolute Gasteiger partial charge is 0.229 e. The number of hydrogen-bond acceptors (Lipinski definition) is 2. The van der Waals surface area contributed by atoms with Gasteiger partial charge in [-0.2, -0.15) is 0 Å². The van der Waals surface area contributed by atoms with E-state index in [-0.39, 0.29) is 6.42 Å². The minimum Gasteiger partial charge on any atom is -0.369 e. The molecule has 0 bridgehead atoms. The maximum absolute atomic E-state index is 10.4. The highest BCUT2D eigenvalue weighted by molar-refractivity contribution is 6.30. The second-order valence-electron chi connectivity index (χ2n) is 2.74. The number of pyridine rings is 1. The van der Waals surface area contributed by atoms with Crippen LogP contribution in [0.25, 0.3) is 0 Å². The third-order valence-electron chi connectivity index (χ3n) is 1.47. The molecule has 1 aromatic rings. The molecule has 0 atom stereocenters. The molecule has 0 spiro atoms. The van der Waals surface area contributed by atoms with Gasteiger partial charge >= 0.3 is 0 Å². The van der Waals surface area contributed by atoms with Crippen molar-refractivity contribution >= 4 is 17.5 Å². The second-order valence-corrected chi connectivity index (χ2v) is 3.09. The molecule has 14 heavy (non-hydrogen) atoms. The monoisotopic (exact) mass is 208 g/mol. The van der Waals surface area contributed by atoms with Crippen LogP contribution in [0.1, 0.15) is 17.7 Å². The molecule has 1 amide bonds. The lowest BCUT2D eigenvalue weighted by Gasteiger charge is -1.95. The molecule has 0 fully saturated rings. The highest BCUT2D eigenvalue weighted by atomic mass is 35.5. The molecule has 0 saturated heterocycles. The van der Waals surface area contributed by atoms with E-state index in [2.05, 4.69) is 16.8 Å². The van der Waals surface area contributed by atoms with Crippen molar-refractivity contribution in [3.05, 3.63) is 28.5 Å². The Kier molecular flexibility index (Phi) is 3.49. The van der Waals surface area contributed by atoms with Crippen molar-refractivity contribution in [2.45, 2.75) is 13.3 Å². The Bertz CT molecular complexity index is 418. The Labute approximate surface area is 87.3 Å². The Balaban J connectivity index is 2.85. The van der Waals surface area contributed by atoms with Crippen molar-refractivity contribution in [2.75, 3.05) is 0 Å². The summed E-state index contributed by atoms with van der Waals surface area (Å²) in [7, 11) is 0. The van der Waals surface area contributed by atoms with Gasteiger partial charge in [-0.25, -0.2) is 4.98 Å². The lowest BCUT2D eigenvalue weighted by molar-refractivity contribution is -0.117. The Hall–Kier alpha value is -1.53. The fourth-order valence-corrected chi connectivity index (χ4v) is 1.09. The van der Waals surface area contributed by atoms with Crippen LogP contribution in [0.15, 0.2) is 12.1 Å². The number of nitrogens with zero attached hydrogens (tertiary/aromatic N) is 1. The van der Waals surface area contributed by atoms with Crippen LogP contribution in [0, 0.1) is 18.8 Å². The number of carbonyl (C=O) groups excluding carboxylic acids is 1. The fourth-order valence-electron chi connectivity index (χ4n) is 0.845. The first kappa shape index (κ1) is 10.6. The lowest BCUT2D eigenvalue weighted by Crippen LogP contribution is -2.08. The molecule has 0 radical (unpaired) electrons. The maximum Gasteiger partial charge on any atom is 0.229 e. The van der Waals surface area contributed by atoms with E-state index in [9.17, 15) is 4.79 Å². The third-order valence-corrected chi connectivity index (χ3v) is 1.76. The summed E-state index contributed by atoms with van der Waals surface area (Å²) in [5.74, 6) is 4.89. The summed E-state index contributed by atoms with van der Waals surface area (Å²) in [5, 5.41) is 0.349. The first-order valence-electron chi connectivity index (χ1n) is 4.00. The summed E-state index contributed by atoms with van der Waals surface area (Å²) in [5.41, 5.74) is 6.37. The molecule has 0 aromatic carbocycles. The van der Waals surface area contributed by atoms with Gasteiger partial charge in [0, 0.05) is 5.69 Å². The second kappa shape index (κ2) is 4.64.